The highest BCUT2D eigenvalue weighted by Gasteiger charge is 2.39. The van der Waals surface area contributed by atoms with E-state index < -0.39 is 0 Å². The minimum absolute atomic E-state index is 0.0123. The predicted octanol–water partition coefficient (Wildman–Crippen LogP) is 1.88. The van der Waals surface area contributed by atoms with Crippen LogP contribution in [-0.2, 0) is 9.59 Å². The first kappa shape index (κ1) is 17.9. The van der Waals surface area contributed by atoms with Crippen LogP contribution in [0.25, 0.3) is 0 Å². The Hall–Kier alpha value is -1.89. The fraction of sp³-hybridized carbons (Fsp3) is 0.722. The standard InChI is InChI=1S/C18H29N5O2/c1-13(2)23-17(8-9-19-23)20-18(25)12-21-10-4-6-15(21)16-7-5-11-22(16)14(3)24/h8-9,13,15-16H,4-7,10-12H2,1-3H3,(H,20,25)/t15-,16-/m1/s1. The third-order valence-corrected chi connectivity index (χ3v) is 5.34. The second kappa shape index (κ2) is 7.56. The number of hydrogen-bond acceptors (Lipinski definition) is 4. The molecule has 1 N–H and O–H groups in total. The third kappa shape index (κ3) is 3.86. The molecule has 2 fully saturated rings. The van der Waals surface area contributed by atoms with Gasteiger partial charge in [0.25, 0.3) is 0 Å². The Labute approximate surface area is 149 Å². The number of amides is 2. The summed E-state index contributed by atoms with van der Waals surface area (Å²) in [5.74, 6) is 0.878. The molecule has 7 nitrogen and oxygen atoms in total. The first-order valence-corrected chi connectivity index (χ1v) is 9.32. The molecule has 7 heteroatoms. The highest BCUT2D eigenvalue weighted by Crippen LogP contribution is 2.30. The maximum absolute atomic E-state index is 12.5. The number of hydrogen-bond donors (Lipinski definition) is 1. The Morgan fingerprint density at radius 3 is 2.68 bits per heavy atom. The molecule has 2 aliphatic rings. The Morgan fingerprint density at radius 1 is 1.24 bits per heavy atom. The number of carbonyl (C=O) groups is 2. The summed E-state index contributed by atoms with van der Waals surface area (Å²) in [6.07, 6.45) is 5.96. The lowest BCUT2D eigenvalue weighted by Crippen LogP contribution is -2.49. The minimum atomic E-state index is -0.0123. The van der Waals surface area contributed by atoms with Gasteiger partial charge in [0.15, 0.2) is 0 Å². The van der Waals surface area contributed by atoms with Gasteiger partial charge in [-0.1, -0.05) is 0 Å². The zero-order chi connectivity index (χ0) is 18.0. The van der Waals surface area contributed by atoms with Crippen molar-refractivity contribution in [3.8, 4) is 0 Å². The van der Waals surface area contributed by atoms with E-state index in [1.165, 1.54) is 0 Å². The van der Waals surface area contributed by atoms with Gasteiger partial charge in [0.1, 0.15) is 5.82 Å². The smallest absolute Gasteiger partial charge is 0.239 e. The summed E-state index contributed by atoms with van der Waals surface area (Å²) >= 11 is 0. The van der Waals surface area contributed by atoms with Crippen LogP contribution in [0.1, 0.15) is 52.5 Å². The van der Waals surface area contributed by atoms with Crippen LogP contribution in [-0.4, -0.2) is 63.1 Å². The van der Waals surface area contributed by atoms with Crippen molar-refractivity contribution in [2.75, 3.05) is 25.0 Å². The number of nitrogens with one attached hydrogen (secondary N) is 1. The number of likely N-dealkylation sites (tertiary alicyclic amines) is 2. The normalized spacial score (nSPS) is 24.2. The molecule has 0 aromatic carbocycles. The molecule has 0 aliphatic carbocycles. The van der Waals surface area contributed by atoms with E-state index >= 15 is 0 Å². The van der Waals surface area contributed by atoms with Gasteiger partial charge in [0, 0.05) is 37.7 Å². The van der Waals surface area contributed by atoms with Gasteiger partial charge in [-0.15, -0.1) is 0 Å². The lowest BCUT2D eigenvalue weighted by atomic mass is 10.0. The zero-order valence-electron chi connectivity index (χ0n) is 15.4. The molecule has 0 unspecified atom stereocenters. The number of rotatable bonds is 5. The van der Waals surface area contributed by atoms with Gasteiger partial charge in [0.2, 0.25) is 11.8 Å². The average Bonchev–Trinajstić information content (AvgIpc) is 3.25. The maximum atomic E-state index is 12.5. The molecule has 25 heavy (non-hydrogen) atoms. The van der Waals surface area contributed by atoms with Gasteiger partial charge in [-0.2, -0.15) is 5.10 Å². The van der Waals surface area contributed by atoms with Crippen molar-refractivity contribution >= 4 is 17.6 Å². The van der Waals surface area contributed by atoms with Crippen molar-refractivity contribution in [3.63, 3.8) is 0 Å². The van der Waals surface area contributed by atoms with Gasteiger partial charge in [-0.05, 0) is 46.1 Å². The highest BCUT2D eigenvalue weighted by molar-refractivity contribution is 5.91. The molecule has 0 spiro atoms. The van der Waals surface area contributed by atoms with Crippen LogP contribution >= 0.6 is 0 Å². The summed E-state index contributed by atoms with van der Waals surface area (Å²) in [6.45, 7) is 7.87. The van der Waals surface area contributed by atoms with Crippen LogP contribution in [0.3, 0.4) is 0 Å². The minimum Gasteiger partial charge on any atom is -0.338 e. The Bertz CT molecular complexity index is 627. The van der Waals surface area contributed by atoms with Gasteiger partial charge in [0.05, 0.1) is 12.7 Å². The van der Waals surface area contributed by atoms with E-state index in [0.717, 1.165) is 44.6 Å². The summed E-state index contributed by atoms with van der Waals surface area (Å²) in [6, 6.07) is 2.59. The van der Waals surface area contributed by atoms with Gasteiger partial charge in [-0.25, -0.2) is 4.68 Å². The molecule has 2 atom stereocenters. The Morgan fingerprint density at radius 2 is 1.96 bits per heavy atom. The summed E-state index contributed by atoms with van der Waals surface area (Å²) < 4.78 is 1.81. The summed E-state index contributed by atoms with van der Waals surface area (Å²) in [5, 5.41) is 7.24. The first-order valence-electron chi connectivity index (χ1n) is 9.32. The summed E-state index contributed by atoms with van der Waals surface area (Å²) in [5.41, 5.74) is 0. The fourth-order valence-corrected chi connectivity index (χ4v) is 4.26. The Kier molecular flexibility index (Phi) is 5.42. The lowest BCUT2D eigenvalue weighted by Gasteiger charge is -2.34. The molecule has 0 bridgehead atoms. The van der Waals surface area contributed by atoms with E-state index in [4.69, 9.17) is 0 Å². The monoisotopic (exact) mass is 347 g/mol. The molecule has 0 saturated carbocycles. The van der Waals surface area contributed by atoms with Crippen LogP contribution in [0.15, 0.2) is 12.3 Å². The number of nitrogens with zero attached hydrogens (tertiary/aromatic N) is 4. The number of carbonyl (C=O) groups excluding carboxylic acids is 2. The number of aromatic nitrogens is 2. The molecule has 2 aliphatic heterocycles. The molecular formula is C18H29N5O2. The molecule has 2 amide bonds. The van der Waals surface area contributed by atoms with Crippen molar-refractivity contribution in [1.29, 1.82) is 0 Å². The molecule has 2 saturated heterocycles. The van der Waals surface area contributed by atoms with Crippen molar-refractivity contribution in [2.24, 2.45) is 0 Å². The van der Waals surface area contributed by atoms with E-state index in [9.17, 15) is 9.59 Å². The molecule has 3 rings (SSSR count). The second-order valence-electron chi connectivity index (χ2n) is 7.40. The highest BCUT2D eigenvalue weighted by atomic mass is 16.2. The molecule has 1 aromatic rings. The summed E-state index contributed by atoms with van der Waals surface area (Å²) in [7, 11) is 0. The van der Waals surface area contributed by atoms with Crippen LogP contribution in [0.4, 0.5) is 5.82 Å². The van der Waals surface area contributed by atoms with Gasteiger partial charge in [-0.3, -0.25) is 14.5 Å². The largest absolute Gasteiger partial charge is 0.338 e. The second-order valence-corrected chi connectivity index (χ2v) is 7.40. The van der Waals surface area contributed by atoms with E-state index in [-0.39, 0.29) is 23.9 Å². The van der Waals surface area contributed by atoms with E-state index in [1.54, 1.807) is 13.1 Å². The van der Waals surface area contributed by atoms with Crippen molar-refractivity contribution in [1.82, 2.24) is 19.6 Å². The summed E-state index contributed by atoms with van der Waals surface area (Å²) in [4.78, 5) is 28.7. The van der Waals surface area contributed by atoms with E-state index in [2.05, 4.69) is 15.3 Å². The van der Waals surface area contributed by atoms with Crippen LogP contribution in [0.5, 0.6) is 0 Å². The zero-order valence-corrected chi connectivity index (χ0v) is 15.4. The molecular weight excluding hydrogens is 318 g/mol. The fourth-order valence-electron chi connectivity index (χ4n) is 4.26. The van der Waals surface area contributed by atoms with Crippen molar-refractivity contribution < 1.29 is 9.59 Å². The Balaban J connectivity index is 1.62. The third-order valence-electron chi connectivity index (χ3n) is 5.34. The lowest BCUT2D eigenvalue weighted by molar-refractivity contribution is -0.130. The molecule has 1 aromatic heterocycles. The van der Waals surface area contributed by atoms with E-state index in [1.807, 2.05) is 29.5 Å². The topological polar surface area (TPSA) is 70.5 Å². The predicted molar refractivity (Wildman–Crippen MR) is 96.2 cm³/mol. The molecule has 0 radical (unpaired) electrons. The maximum Gasteiger partial charge on any atom is 0.239 e. The molecule has 138 valence electrons. The van der Waals surface area contributed by atoms with Crippen LogP contribution < -0.4 is 5.32 Å². The first-order chi connectivity index (χ1) is 12.0. The average molecular weight is 347 g/mol. The van der Waals surface area contributed by atoms with Crippen molar-refractivity contribution in [2.45, 2.75) is 64.6 Å². The van der Waals surface area contributed by atoms with Crippen molar-refractivity contribution in [3.05, 3.63) is 12.3 Å². The quantitative estimate of drug-likeness (QED) is 0.883. The van der Waals surface area contributed by atoms with Crippen LogP contribution in [0.2, 0.25) is 0 Å². The van der Waals surface area contributed by atoms with Crippen LogP contribution in [0, 0.1) is 0 Å². The SMILES string of the molecule is CC(=O)N1CCC[C@@H]1[C@H]1CCCN1CC(=O)Nc1ccnn1C(C)C. The van der Waals surface area contributed by atoms with Gasteiger partial charge >= 0.3 is 0 Å². The molecule has 3 heterocycles. The number of anilines is 1. The van der Waals surface area contributed by atoms with E-state index in [0.29, 0.717) is 12.6 Å². The van der Waals surface area contributed by atoms with Gasteiger partial charge < -0.3 is 10.2 Å².